The van der Waals surface area contributed by atoms with Crippen molar-refractivity contribution in [2.24, 2.45) is 0 Å². The van der Waals surface area contributed by atoms with Crippen molar-refractivity contribution in [3.05, 3.63) is 70.2 Å². The van der Waals surface area contributed by atoms with Gasteiger partial charge in [-0.15, -0.1) is 0 Å². The monoisotopic (exact) mass is 311 g/mol. The summed E-state index contributed by atoms with van der Waals surface area (Å²) in [5, 5.41) is 9.61. The Morgan fingerprint density at radius 1 is 1.00 bits per heavy atom. The SMILES string of the molecule is N#CC1(c2ccccc2Br)CC(c2ccccc2)C1. The molecule has 1 aliphatic carbocycles. The number of hydrogen-bond donors (Lipinski definition) is 0. The Bertz CT molecular complexity index is 621. The summed E-state index contributed by atoms with van der Waals surface area (Å²) < 4.78 is 1.04. The van der Waals surface area contributed by atoms with Crippen LogP contribution in [0.1, 0.15) is 29.9 Å². The van der Waals surface area contributed by atoms with Crippen LogP contribution in [0.2, 0.25) is 0 Å². The zero-order valence-corrected chi connectivity index (χ0v) is 12.1. The number of nitrogens with zero attached hydrogens (tertiary/aromatic N) is 1. The Morgan fingerprint density at radius 3 is 2.26 bits per heavy atom. The van der Waals surface area contributed by atoms with E-state index in [1.165, 1.54) is 5.56 Å². The first-order valence-electron chi connectivity index (χ1n) is 6.46. The van der Waals surface area contributed by atoms with Gasteiger partial charge in [-0.2, -0.15) is 5.26 Å². The van der Waals surface area contributed by atoms with Gasteiger partial charge in [0.1, 0.15) is 0 Å². The smallest absolute Gasteiger partial charge is 0.0844 e. The van der Waals surface area contributed by atoms with Gasteiger partial charge in [-0.05, 0) is 36.0 Å². The van der Waals surface area contributed by atoms with E-state index in [-0.39, 0.29) is 5.41 Å². The molecule has 0 N–H and O–H groups in total. The third-order valence-corrected chi connectivity index (χ3v) is 4.76. The van der Waals surface area contributed by atoms with E-state index in [1.807, 2.05) is 24.3 Å². The maximum Gasteiger partial charge on any atom is 0.0844 e. The van der Waals surface area contributed by atoms with Crippen molar-refractivity contribution < 1.29 is 0 Å². The third-order valence-electron chi connectivity index (χ3n) is 4.06. The fourth-order valence-electron chi connectivity index (χ4n) is 2.96. The quantitative estimate of drug-likeness (QED) is 0.782. The summed E-state index contributed by atoms with van der Waals surface area (Å²) in [7, 11) is 0. The Balaban J connectivity index is 1.87. The molecule has 94 valence electrons. The Kier molecular flexibility index (Phi) is 3.16. The Labute approximate surface area is 122 Å². The van der Waals surface area contributed by atoms with E-state index >= 15 is 0 Å². The molecule has 1 saturated carbocycles. The molecule has 0 bridgehead atoms. The number of halogens is 1. The van der Waals surface area contributed by atoms with Gasteiger partial charge in [0, 0.05) is 4.47 Å². The minimum atomic E-state index is -0.319. The topological polar surface area (TPSA) is 23.8 Å². The molecule has 1 aliphatic rings. The van der Waals surface area contributed by atoms with Crippen molar-refractivity contribution in [1.82, 2.24) is 0 Å². The molecule has 0 heterocycles. The van der Waals surface area contributed by atoms with Crippen LogP contribution in [0.15, 0.2) is 59.1 Å². The van der Waals surface area contributed by atoms with E-state index in [4.69, 9.17) is 0 Å². The molecule has 2 aromatic rings. The average Bonchev–Trinajstić information content (AvgIpc) is 2.41. The molecule has 0 saturated heterocycles. The second-order valence-corrected chi connectivity index (χ2v) is 6.04. The first-order chi connectivity index (χ1) is 9.25. The predicted molar refractivity (Wildman–Crippen MR) is 79.9 cm³/mol. The van der Waals surface area contributed by atoms with E-state index in [0.717, 1.165) is 22.9 Å². The van der Waals surface area contributed by atoms with E-state index < -0.39 is 0 Å². The highest BCUT2D eigenvalue weighted by Gasteiger charge is 2.47. The van der Waals surface area contributed by atoms with Crippen molar-refractivity contribution in [2.75, 3.05) is 0 Å². The molecule has 19 heavy (non-hydrogen) atoms. The molecular formula is C17H14BrN. The molecule has 0 unspecified atom stereocenters. The van der Waals surface area contributed by atoms with Crippen LogP contribution >= 0.6 is 15.9 Å². The zero-order chi connectivity index (χ0) is 13.3. The second-order valence-electron chi connectivity index (χ2n) is 5.19. The van der Waals surface area contributed by atoms with Crippen LogP contribution < -0.4 is 0 Å². The van der Waals surface area contributed by atoms with Crippen LogP contribution in [0, 0.1) is 11.3 Å². The lowest BCUT2D eigenvalue weighted by Gasteiger charge is -2.43. The molecule has 2 heteroatoms. The van der Waals surface area contributed by atoms with E-state index in [9.17, 15) is 5.26 Å². The van der Waals surface area contributed by atoms with E-state index in [2.05, 4.69) is 52.3 Å². The van der Waals surface area contributed by atoms with Gasteiger partial charge in [0.2, 0.25) is 0 Å². The lowest BCUT2D eigenvalue weighted by Crippen LogP contribution is -2.38. The van der Waals surface area contributed by atoms with Crippen LogP contribution in [-0.4, -0.2) is 0 Å². The van der Waals surface area contributed by atoms with Crippen molar-refractivity contribution in [2.45, 2.75) is 24.2 Å². The van der Waals surface area contributed by atoms with Crippen molar-refractivity contribution in [3.63, 3.8) is 0 Å². The number of nitriles is 1. The molecule has 3 rings (SSSR count). The fourth-order valence-corrected chi connectivity index (χ4v) is 3.63. The molecule has 0 atom stereocenters. The molecule has 0 aromatic heterocycles. The third kappa shape index (κ3) is 2.09. The van der Waals surface area contributed by atoms with Gasteiger partial charge < -0.3 is 0 Å². The van der Waals surface area contributed by atoms with E-state index in [0.29, 0.717) is 5.92 Å². The van der Waals surface area contributed by atoms with E-state index in [1.54, 1.807) is 0 Å². The van der Waals surface area contributed by atoms with Crippen LogP contribution in [0.3, 0.4) is 0 Å². The van der Waals surface area contributed by atoms with Crippen LogP contribution in [-0.2, 0) is 5.41 Å². The highest BCUT2D eigenvalue weighted by Crippen LogP contribution is 2.53. The predicted octanol–water partition coefficient (Wildman–Crippen LogP) is 4.79. The average molecular weight is 312 g/mol. The lowest BCUT2D eigenvalue weighted by atomic mass is 9.58. The standard InChI is InChI=1S/C17H14BrN/c18-16-9-5-4-8-15(16)17(12-19)10-14(11-17)13-6-2-1-3-7-13/h1-9,14H,10-11H2. The summed E-state index contributed by atoms with van der Waals surface area (Å²) in [5.41, 5.74) is 2.16. The minimum absolute atomic E-state index is 0.319. The highest BCUT2D eigenvalue weighted by atomic mass is 79.9. The van der Waals surface area contributed by atoms with Gasteiger partial charge in [0.05, 0.1) is 11.5 Å². The van der Waals surface area contributed by atoms with Crippen LogP contribution in [0.25, 0.3) is 0 Å². The first kappa shape index (κ1) is 12.4. The van der Waals surface area contributed by atoms with Crippen molar-refractivity contribution >= 4 is 15.9 Å². The zero-order valence-electron chi connectivity index (χ0n) is 10.5. The van der Waals surface area contributed by atoms with Crippen molar-refractivity contribution in [1.29, 1.82) is 5.26 Å². The second kappa shape index (κ2) is 4.83. The molecule has 0 amide bonds. The number of rotatable bonds is 2. The largest absolute Gasteiger partial charge is 0.197 e. The van der Waals surface area contributed by atoms with Crippen LogP contribution in [0.4, 0.5) is 0 Å². The lowest BCUT2D eigenvalue weighted by molar-refractivity contribution is 0.269. The van der Waals surface area contributed by atoms with Crippen LogP contribution in [0.5, 0.6) is 0 Å². The normalized spacial score (nSPS) is 25.4. The molecule has 0 radical (unpaired) electrons. The summed E-state index contributed by atoms with van der Waals surface area (Å²) in [5.74, 6) is 0.507. The first-order valence-corrected chi connectivity index (χ1v) is 7.26. The summed E-state index contributed by atoms with van der Waals surface area (Å²) in [6.45, 7) is 0. The van der Waals surface area contributed by atoms with Gasteiger partial charge in [0.25, 0.3) is 0 Å². The molecule has 2 aromatic carbocycles. The maximum absolute atomic E-state index is 9.61. The molecule has 0 spiro atoms. The maximum atomic E-state index is 9.61. The number of hydrogen-bond acceptors (Lipinski definition) is 1. The van der Waals surface area contributed by atoms with Gasteiger partial charge >= 0.3 is 0 Å². The summed E-state index contributed by atoms with van der Waals surface area (Å²) in [6.07, 6.45) is 1.83. The summed E-state index contributed by atoms with van der Waals surface area (Å²) >= 11 is 3.57. The molecule has 1 nitrogen and oxygen atoms in total. The number of benzene rings is 2. The van der Waals surface area contributed by atoms with Gasteiger partial charge in [-0.25, -0.2) is 0 Å². The summed E-state index contributed by atoms with van der Waals surface area (Å²) in [4.78, 5) is 0. The van der Waals surface area contributed by atoms with Crippen molar-refractivity contribution in [3.8, 4) is 6.07 Å². The molecule has 1 fully saturated rings. The van der Waals surface area contributed by atoms with Gasteiger partial charge in [-0.1, -0.05) is 64.5 Å². The van der Waals surface area contributed by atoms with Gasteiger partial charge in [0.15, 0.2) is 0 Å². The fraction of sp³-hybridized carbons (Fsp3) is 0.235. The molecule has 0 aliphatic heterocycles. The molecular weight excluding hydrogens is 298 g/mol. The Morgan fingerprint density at radius 2 is 1.63 bits per heavy atom. The Hall–Kier alpha value is -1.59. The summed E-state index contributed by atoms with van der Waals surface area (Å²) in [6, 6.07) is 21.1. The van der Waals surface area contributed by atoms with Gasteiger partial charge in [-0.3, -0.25) is 0 Å². The minimum Gasteiger partial charge on any atom is -0.197 e. The highest BCUT2D eigenvalue weighted by molar-refractivity contribution is 9.10.